The van der Waals surface area contributed by atoms with E-state index >= 15 is 0 Å². The van der Waals surface area contributed by atoms with Crippen molar-refractivity contribution >= 4 is 56.0 Å². The summed E-state index contributed by atoms with van der Waals surface area (Å²) in [6, 6.07) is 11.6. The molecule has 0 saturated carbocycles. The van der Waals surface area contributed by atoms with Gasteiger partial charge < -0.3 is 9.64 Å². The summed E-state index contributed by atoms with van der Waals surface area (Å²) in [5, 5.41) is 1.43. The summed E-state index contributed by atoms with van der Waals surface area (Å²) in [5.41, 5.74) is 1.82. The Kier molecular flexibility index (Phi) is 7.99. The number of carbonyl (C=O) groups excluding carboxylic acids is 1. The van der Waals surface area contributed by atoms with Crippen molar-refractivity contribution in [3.05, 3.63) is 47.0 Å². The molecule has 30 heavy (non-hydrogen) atoms. The molecule has 0 atom stereocenters. The minimum Gasteiger partial charge on any atom is -0.497 e. The number of fused-ring (bicyclic) bond motifs is 1. The van der Waals surface area contributed by atoms with Crippen LogP contribution >= 0.6 is 34.7 Å². The number of carbonyl (C=O) groups is 1. The Hall–Kier alpha value is -1.80. The molecule has 3 aromatic rings. The summed E-state index contributed by atoms with van der Waals surface area (Å²) in [6.07, 6.45) is 0.877. The Balaban J connectivity index is 1.78. The maximum Gasteiger partial charge on any atom is 0.239 e. The second kappa shape index (κ2) is 10.5. The number of anilines is 1. The minimum atomic E-state index is 0.0531. The van der Waals surface area contributed by atoms with Crippen molar-refractivity contribution < 1.29 is 9.53 Å². The van der Waals surface area contributed by atoms with Crippen LogP contribution in [0.25, 0.3) is 10.2 Å². The zero-order valence-corrected chi connectivity index (χ0v) is 20.0. The van der Waals surface area contributed by atoms with Crippen LogP contribution in [-0.4, -0.2) is 55.8 Å². The monoisotopic (exact) mass is 463 g/mol. The van der Waals surface area contributed by atoms with E-state index in [0.29, 0.717) is 17.3 Å². The van der Waals surface area contributed by atoms with Crippen LogP contribution in [0, 0.1) is 6.92 Å². The van der Waals surface area contributed by atoms with Gasteiger partial charge in [-0.15, -0.1) is 11.8 Å². The minimum absolute atomic E-state index is 0.0531. The first-order valence-corrected chi connectivity index (χ1v) is 11.8. The third kappa shape index (κ3) is 5.66. The lowest BCUT2D eigenvalue weighted by molar-refractivity contribution is -0.116. The molecule has 0 aliphatic heterocycles. The first-order chi connectivity index (χ1) is 14.4. The van der Waals surface area contributed by atoms with Gasteiger partial charge in [0.1, 0.15) is 5.75 Å². The maximum absolute atomic E-state index is 13.2. The quantitative estimate of drug-likeness (QED) is 0.400. The van der Waals surface area contributed by atoms with Gasteiger partial charge in [0.15, 0.2) is 5.13 Å². The molecule has 0 bridgehead atoms. The van der Waals surface area contributed by atoms with E-state index in [4.69, 9.17) is 21.3 Å². The standard InChI is InChI=1S/C22H26ClN3O2S2/c1-15-18(23)10-11-19-21(15)24-22(30-19)26(13-5-12-25(2)3)20(27)14-29-17-8-6-16(28-4)7-9-17/h6-11H,5,12-14H2,1-4H3. The molecule has 0 saturated heterocycles. The number of amides is 1. The van der Waals surface area contributed by atoms with Crippen LogP contribution in [0.2, 0.25) is 5.02 Å². The van der Waals surface area contributed by atoms with Crippen molar-refractivity contribution in [1.29, 1.82) is 0 Å². The highest BCUT2D eigenvalue weighted by Crippen LogP contribution is 2.34. The molecule has 5 nitrogen and oxygen atoms in total. The molecular formula is C22H26ClN3O2S2. The molecule has 0 N–H and O–H groups in total. The van der Waals surface area contributed by atoms with Crippen LogP contribution in [0.15, 0.2) is 41.3 Å². The Morgan fingerprint density at radius 1 is 1.17 bits per heavy atom. The lowest BCUT2D eigenvalue weighted by Crippen LogP contribution is -2.34. The number of nitrogens with zero attached hydrogens (tertiary/aromatic N) is 3. The van der Waals surface area contributed by atoms with Crippen LogP contribution in [0.4, 0.5) is 5.13 Å². The van der Waals surface area contributed by atoms with E-state index in [-0.39, 0.29) is 5.91 Å². The van der Waals surface area contributed by atoms with E-state index in [1.165, 1.54) is 23.1 Å². The van der Waals surface area contributed by atoms with Crippen molar-refractivity contribution in [2.24, 2.45) is 0 Å². The average molecular weight is 464 g/mol. The van der Waals surface area contributed by atoms with Crippen LogP contribution in [0.5, 0.6) is 5.75 Å². The maximum atomic E-state index is 13.2. The molecule has 1 aromatic heterocycles. The molecule has 0 spiro atoms. The molecule has 0 aliphatic rings. The van der Waals surface area contributed by atoms with Gasteiger partial charge in [-0.3, -0.25) is 9.69 Å². The van der Waals surface area contributed by atoms with E-state index in [1.807, 2.05) is 62.3 Å². The number of methoxy groups -OCH3 is 1. The molecule has 0 aliphatic carbocycles. The van der Waals surface area contributed by atoms with Crippen molar-refractivity contribution in [3.8, 4) is 5.75 Å². The van der Waals surface area contributed by atoms with Gasteiger partial charge in [0, 0.05) is 16.5 Å². The van der Waals surface area contributed by atoms with Gasteiger partial charge in [0.2, 0.25) is 5.91 Å². The van der Waals surface area contributed by atoms with Crippen LogP contribution in [-0.2, 0) is 4.79 Å². The summed E-state index contributed by atoms with van der Waals surface area (Å²) < 4.78 is 6.24. The largest absolute Gasteiger partial charge is 0.497 e. The number of thioether (sulfide) groups is 1. The van der Waals surface area contributed by atoms with Crippen molar-refractivity contribution in [2.45, 2.75) is 18.2 Å². The van der Waals surface area contributed by atoms with Crippen molar-refractivity contribution in [3.63, 3.8) is 0 Å². The number of hydrogen-bond acceptors (Lipinski definition) is 6. The Morgan fingerprint density at radius 3 is 2.57 bits per heavy atom. The lowest BCUT2D eigenvalue weighted by atomic mass is 10.2. The third-order valence-electron chi connectivity index (χ3n) is 4.68. The first-order valence-electron chi connectivity index (χ1n) is 9.66. The lowest BCUT2D eigenvalue weighted by Gasteiger charge is -2.21. The number of halogens is 1. The summed E-state index contributed by atoms with van der Waals surface area (Å²) in [4.78, 5) is 22.9. The Bertz CT molecular complexity index is 1010. The van der Waals surface area contributed by atoms with E-state index in [2.05, 4.69) is 4.90 Å². The fourth-order valence-electron chi connectivity index (χ4n) is 2.97. The molecule has 1 heterocycles. The second-order valence-electron chi connectivity index (χ2n) is 7.18. The van der Waals surface area contributed by atoms with Crippen LogP contribution in [0.3, 0.4) is 0 Å². The molecule has 1 amide bonds. The summed E-state index contributed by atoms with van der Waals surface area (Å²) >= 11 is 9.32. The van der Waals surface area contributed by atoms with Crippen LogP contribution in [0.1, 0.15) is 12.0 Å². The number of benzene rings is 2. The van der Waals surface area contributed by atoms with E-state index in [9.17, 15) is 4.79 Å². The molecule has 2 aromatic carbocycles. The van der Waals surface area contributed by atoms with Gasteiger partial charge in [0.05, 0.1) is 23.1 Å². The van der Waals surface area contributed by atoms with Crippen molar-refractivity contribution in [2.75, 3.05) is 44.9 Å². The Labute approximate surface area is 191 Å². The topological polar surface area (TPSA) is 45.7 Å². The predicted molar refractivity (Wildman–Crippen MR) is 129 cm³/mol. The number of thiazole rings is 1. The van der Waals surface area contributed by atoms with Gasteiger partial charge in [0.25, 0.3) is 0 Å². The molecule has 3 rings (SSSR count). The van der Waals surface area contributed by atoms with E-state index in [1.54, 1.807) is 7.11 Å². The summed E-state index contributed by atoms with van der Waals surface area (Å²) in [5.74, 6) is 1.21. The van der Waals surface area contributed by atoms with Gasteiger partial charge in [-0.1, -0.05) is 22.9 Å². The fraction of sp³-hybridized carbons (Fsp3) is 0.364. The number of ether oxygens (including phenoxy) is 1. The Morgan fingerprint density at radius 2 is 1.90 bits per heavy atom. The number of aromatic nitrogens is 1. The number of hydrogen-bond donors (Lipinski definition) is 0. The highest BCUT2D eigenvalue weighted by molar-refractivity contribution is 8.00. The molecule has 160 valence electrons. The normalized spacial score (nSPS) is 11.3. The highest BCUT2D eigenvalue weighted by Gasteiger charge is 2.21. The SMILES string of the molecule is COc1ccc(SCC(=O)N(CCCN(C)C)c2nc3c(C)c(Cl)ccc3s2)cc1. The average Bonchev–Trinajstić information content (AvgIpc) is 3.17. The highest BCUT2D eigenvalue weighted by atomic mass is 35.5. The number of aryl methyl sites for hydroxylation is 1. The summed E-state index contributed by atoms with van der Waals surface area (Å²) in [7, 11) is 5.72. The van der Waals surface area contributed by atoms with E-state index in [0.717, 1.165) is 44.5 Å². The molecule has 0 radical (unpaired) electrons. The second-order valence-corrected chi connectivity index (χ2v) is 9.65. The zero-order chi connectivity index (χ0) is 21.7. The number of rotatable bonds is 9. The molecule has 8 heteroatoms. The van der Waals surface area contributed by atoms with E-state index < -0.39 is 0 Å². The predicted octanol–water partition coefficient (Wildman–Crippen LogP) is 5.34. The smallest absolute Gasteiger partial charge is 0.239 e. The molecular weight excluding hydrogens is 438 g/mol. The van der Waals surface area contributed by atoms with Crippen LogP contribution < -0.4 is 9.64 Å². The molecule has 0 unspecified atom stereocenters. The first kappa shape index (κ1) is 22.9. The van der Waals surface area contributed by atoms with Gasteiger partial charge >= 0.3 is 0 Å². The van der Waals surface area contributed by atoms with Gasteiger partial charge in [-0.2, -0.15) is 0 Å². The molecule has 0 fully saturated rings. The van der Waals surface area contributed by atoms with Crippen molar-refractivity contribution in [1.82, 2.24) is 9.88 Å². The third-order valence-corrected chi connectivity index (χ3v) is 7.13. The fourth-order valence-corrected chi connectivity index (χ4v) is 4.97. The zero-order valence-electron chi connectivity index (χ0n) is 17.6. The summed E-state index contributed by atoms with van der Waals surface area (Å²) in [6.45, 7) is 3.50. The van der Waals surface area contributed by atoms with Gasteiger partial charge in [-0.25, -0.2) is 4.98 Å². The van der Waals surface area contributed by atoms with Gasteiger partial charge in [-0.05, 0) is 75.9 Å².